The predicted molar refractivity (Wildman–Crippen MR) is 113 cm³/mol. The van der Waals surface area contributed by atoms with Crippen LogP contribution in [0.1, 0.15) is 63.4 Å². The zero-order valence-electron chi connectivity index (χ0n) is 16.7. The van der Waals surface area contributed by atoms with Crippen LogP contribution in [0, 0.1) is 0 Å². The number of hydrogen-bond acceptors (Lipinski definition) is 3. The maximum atomic E-state index is 13.2. The van der Waals surface area contributed by atoms with E-state index in [1.165, 1.54) is 19.3 Å². The Balaban J connectivity index is 1.51. The van der Waals surface area contributed by atoms with E-state index in [1.807, 2.05) is 12.1 Å². The summed E-state index contributed by atoms with van der Waals surface area (Å²) in [7, 11) is 0. The molecular weight excluding hydrogens is 388 g/mol. The van der Waals surface area contributed by atoms with Crippen molar-refractivity contribution in [2.24, 2.45) is 0 Å². The van der Waals surface area contributed by atoms with Gasteiger partial charge in [-0.15, -0.1) is 0 Å². The van der Waals surface area contributed by atoms with Crippen LogP contribution in [0.5, 0.6) is 0 Å². The summed E-state index contributed by atoms with van der Waals surface area (Å²) in [6.07, 6.45) is 11.3. The first-order valence-corrected chi connectivity index (χ1v) is 11.2. The van der Waals surface area contributed by atoms with E-state index >= 15 is 0 Å². The number of morpholine rings is 1. The Morgan fingerprint density at radius 3 is 2.69 bits per heavy atom. The quantitative estimate of drug-likeness (QED) is 0.744. The highest BCUT2D eigenvalue weighted by Crippen LogP contribution is 2.33. The lowest BCUT2D eigenvalue weighted by atomic mass is 9.89. The molecule has 2 amide bonds. The molecule has 1 aromatic rings. The molecule has 6 heteroatoms. The average molecular weight is 417 g/mol. The van der Waals surface area contributed by atoms with Crippen molar-refractivity contribution < 1.29 is 14.3 Å². The normalized spacial score (nSPS) is 26.7. The maximum absolute atomic E-state index is 13.2. The second kappa shape index (κ2) is 9.21. The highest BCUT2D eigenvalue weighted by molar-refractivity contribution is 6.30. The zero-order valence-corrected chi connectivity index (χ0v) is 17.5. The highest BCUT2D eigenvalue weighted by Gasteiger charge is 2.42. The number of fused-ring (bicyclic) bond motifs is 1. The van der Waals surface area contributed by atoms with E-state index in [0.29, 0.717) is 10.8 Å². The molecule has 1 aliphatic heterocycles. The van der Waals surface area contributed by atoms with Crippen LogP contribution in [0.2, 0.25) is 5.02 Å². The van der Waals surface area contributed by atoms with Gasteiger partial charge in [0.1, 0.15) is 12.6 Å². The van der Waals surface area contributed by atoms with Gasteiger partial charge in [-0.1, -0.05) is 49.4 Å². The SMILES string of the molecule is O=C(CN1C(=O)/C(=C\c2cccc(Cl)c2)OC2CCCCC21)NC1CCCCC1. The summed E-state index contributed by atoms with van der Waals surface area (Å²) < 4.78 is 6.10. The van der Waals surface area contributed by atoms with E-state index in [-0.39, 0.29) is 36.5 Å². The van der Waals surface area contributed by atoms with Crippen molar-refractivity contribution in [1.82, 2.24) is 10.2 Å². The van der Waals surface area contributed by atoms with Crippen molar-refractivity contribution in [2.45, 2.75) is 76.0 Å². The van der Waals surface area contributed by atoms with Crippen LogP contribution in [-0.2, 0) is 14.3 Å². The van der Waals surface area contributed by atoms with Crippen LogP contribution >= 0.6 is 11.6 Å². The predicted octanol–water partition coefficient (Wildman–Crippen LogP) is 4.30. The minimum atomic E-state index is -0.202. The summed E-state index contributed by atoms with van der Waals surface area (Å²) >= 11 is 6.08. The van der Waals surface area contributed by atoms with Gasteiger partial charge in [0.15, 0.2) is 5.76 Å². The lowest BCUT2D eigenvalue weighted by Gasteiger charge is -2.44. The number of carbonyl (C=O) groups excluding carboxylic acids is 2. The van der Waals surface area contributed by atoms with E-state index in [0.717, 1.165) is 44.1 Å². The molecule has 0 aromatic heterocycles. The van der Waals surface area contributed by atoms with Crippen molar-refractivity contribution in [1.29, 1.82) is 0 Å². The first kappa shape index (κ1) is 20.3. The first-order valence-electron chi connectivity index (χ1n) is 10.8. The van der Waals surface area contributed by atoms with Crippen molar-refractivity contribution in [2.75, 3.05) is 6.54 Å². The molecular formula is C23H29ClN2O3. The fourth-order valence-electron chi connectivity index (χ4n) is 4.78. The third kappa shape index (κ3) is 4.95. The van der Waals surface area contributed by atoms with Crippen molar-refractivity contribution >= 4 is 29.5 Å². The number of ether oxygens (including phenoxy) is 1. The van der Waals surface area contributed by atoms with Gasteiger partial charge >= 0.3 is 0 Å². The maximum Gasteiger partial charge on any atom is 0.289 e. The summed E-state index contributed by atoms with van der Waals surface area (Å²) in [5.41, 5.74) is 0.821. The van der Waals surface area contributed by atoms with Gasteiger partial charge in [0.25, 0.3) is 5.91 Å². The van der Waals surface area contributed by atoms with Gasteiger partial charge in [0.2, 0.25) is 5.91 Å². The van der Waals surface area contributed by atoms with Gasteiger partial charge in [-0.3, -0.25) is 9.59 Å². The molecule has 5 nitrogen and oxygen atoms in total. The number of halogens is 1. The van der Waals surface area contributed by atoms with Crippen LogP contribution in [0.3, 0.4) is 0 Å². The molecule has 29 heavy (non-hydrogen) atoms. The first-order chi connectivity index (χ1) is 14.1. The second-order valence-electron chi connectivity index (χ2n) is 8.41. The van der Waals surface area contributed by atoms with Gasteiger partial charge in [-0.25, -0.2) is 0 Å². The van der Waals surface area contributed by atoms with Crippen LogP contribution in [0.25, 0.3) is 6.08 Å². The number of nitrogens with one attached hydrogen (secondary N) is 1. The second-order valence-corrected chi connectivity index (χ2v) is 8.84. The van der Waals surface area contributed by atoms with Gasteiger partial charge in [-0.05, 0) is 55.9 Å². The van der Waals surface area contributed by atoms with Crippen molar-refractivity contribution in [3.8, 4) is 0 Å². The summed E-state index contributed by atoms with van der Waals surface area (Å²) in [5, 5.41) is 3.76. The Hall–Kier alpha value is -2.01. The molecule has 1 heterocycles. The Kier molecular flexibility index (Phi) is 6.43. The molecule has 3 fully saturated rings. The summed E-state index contributed by atoms with van der Waals surface area (Å²) in [5.74, 6) is 0.0476. The van der Waals surface area contributed by atoms with Crippen LogP contribution < -0.4 is 5.32 Å². The molecule has 2 aliphatic carbocycles. The minimum absolute atomic E-state index is 0.0233. The monoisotopic (exact) mass is 416 g/mol. The lowest BCUT2D eigenvalue weighted by Crippen LogP contribution is -2.57. The standard InChI is InChI=1S/C23H29ClN2O3/c24-17-8-6-7-16(13-17)14-21-23(28)26(19-11-4-5-12-20(19)29-21)15-22(27)25-18-9-2-1-3-10-18/h6-8,13-14,18-20H,1-5,9-12,15H2,(H,25,27)/b21-14+. The Bertz CT molecular complexity index is 788. The third-order valence-electron chi connectivity index (χ3n) is 6.25. The van der Waals surface area contributed by atoms with Gasteiger partial charge < -0.3 is 15.0 Å². The van der Waals surface area contributed by atoms with Gasteiger partial charge in [0, 0.05) is 11.1 Å². The molecule has 1 saturated heterocycles. The Morgan fingerprint density at radius 2 is 1.90 bits per heavy atom. The Morgan fingerprint density at radius 1 is 1.14 bits per heavy atom. The molecule has 2 unspecified atom stereocenters. The average Bonchev–Trinajstić information content (AvgIpc) is 2.72. The number of rotatable bonds is 4. The number of hydrogen-bond donors (Lipinski definition) is 1. The lowest BCUT2D eigenvalue weighted by molar-refractivity contribution is -0.152. The molecule has 4 rings (SSSR count). The third-order valence-corrected chi connectivity index (χ3v) is 6.48. The summed E-state index contributed by atoms with van der Waals surface area (Å²) in [6, 6.07) is 7.56. The molecule has 0 radical (unpaired) electrons. The number of nitrogens with zero attached hydrogens (tertiary/aromatic N) is 1. The topological polar surface area (TPSA) is 58.6 Å². The van der Waals surface area contributed by atoms with Gasteiger partial charge in [0.05, 0.1) is 6.04 Å². The molecule has 3 aliphatic rings. The summed E-state index contributed by atoms with van der Waals surface area (Å²) in [6.45, 7) is 0.104. The molecule has 0 bridgehead atoms. The van der Waals surface area contributed by atoms with E-state index in [4.69, 9.17) is 16.3 Å². The van der Waals surface area contributed by atoms with E-state index < -0.39 is 0 Å². The number of carbonyl (C=O) groups is 2. The molecule has 1 aromatic carbocycles. The Labute approximate surface area is 177 Å². The highest BCUT2D eigenvalue weighted by atomic mass is 35.5. The molecule has 1 N–H and O–H groups in total. The number of amides is 2. The number of benzene rings is 1. The molecule has 2 saturated carbocycles. The fraction of sp³-hybridized carbons (Fsp3) is 0.565. The van der Waals surface area contributed by atoms with Crippen LogP contribution in [-0.4, -0.2) is 41.4 Å². The minimum Gasteiger partial charge on any atom is -0.482 e. The zero-order chi connectivity index (χ0) is 20.2. The van der Waals surface area contributed by atoms with Crippen LogP contribution in [0.4, 0.5) is 0 Å². The van der Waals surface area contributed by atoms with E-state index in [2.05, 4.69) is 5.32 Å². The van der Waals surface area contributed by atoms with E-state index in [9.17, 15) is 9.59 Å². The van der Waals surface area contributed by atoms with Crippen LogP contribution in [0.15, 0.2) is 30.0 Å². The van der Waals surface area contributed by atoms with Crippen molar-refractivity contribution in [3.63, 3.8) is 0 Å². The van der Waals surface area contributed by atoms with Gasteiger partial charge in [-0.2, -0.15) is 0 Å². The fourth-order valence-corrected chi connectivity index (χ4v) is 4.98. The molecule has 2 atom stereocenters. The molecule has 0 spiro atoms. The van der Waals surface area contributed by atoms with Crippen molar-refractivity contribution in [3.05, 3.63) is 40.6 Å². The largest absolute Gasteiger partial charge is 0.482 e. The smallest absolute Gasteiger partial charge is 0.289 e. The summed E-state index contributed by atoms with van der Waals surface area (Å²) in [4.78, 5) is 27.7. The van der Waals surface area contributed by atoms with E-state index in [1.54, 1.807) is 23.1 Å². The molecule has 156 valence electrons.